The minimum absolute atomic E-state index is 0.00235. The molecule has 0 saturated carbocycles. The maximum Gasteiger partial charge on any atom is 0.347 e. The van der Waals surface area contributed by atoms with Crippen molar-refractivity contribution in [1.29, 1.82) is 0 Å². The largest absolute Gasteiger partial charge is 0.492 e. The van der Waals surface area contributed by atoms with Crippen LogP contribution in [0.15, 0.2) is 59.9 Å². The third-order valence-electron chi connectivity index (χ3n) is 7.10. The zero-order chi connectivity index (χ0) is 32.3. The molecule has 0 radical (unpaired) electrons. The Kier molecular flexibility index (Phi) is 11.7. The highest BCUT2D eigenvalue weighted by Crippen LogP contribution is 2.32. The van der Waals surface area contributed by atoms with E-state index in [2.05, 4.69) is 32.1 Å². The number of aryl methyl sites for hydroxylation is 1. The maximum atomic E-state index is 13.4. The fourth-order valence-electron chi connectivity index (χ4n) is 4.68. The lowest BCUT2D eigenvalue weighted by Gasteiger charge is -2.32. The first-order valence-corrected chi connectivity index (χ1v) is 14.5. The van der Waals surface area contributed by atoms with Crippen LogP contribution in [0.25, 0.3) is 17.1 Å². The van der Waals surface area contributed by atoms with Crippen LogP contribution >= 0.6 is 0 Å². The molecule has 0 unspecified atom stereocenters. The topological polar surface area (TPSA) is 156 Å². The molecule has 45 heavy (non-hydrogen) atoms. The Labute approximate surface area is 261 Å². The van der Waals surface area contributed by atoms with Crippen molar-refractivity contribution in [2.24, 2.45) is 0 Å². The standard InChI is InChI=1S/C30H35N5O6.C2H4O2/c1-20-17-22(39-14-13-35-11-9-34(2)10-12-35)6-7-24(20)33-29-26(30(37)40-16-15-38-3)27(36)25(41-29)18-21-19-32-28-23(21)5-4-8-31-28;1-2(3)4/h4-8,17-19,33H,9-16H2,1-3H3,(H,31,32);1H3,(H,3,4). The van der Waals surface area contributed by atoms with E-state index in [9.17, 15) is 9.59 Å². The number of aromatic nitrogens is 2. The molecule has 3 N–H and O–H groups in total. The number of ketones is 1. The number of anilines is 1. The average Bonchev–Trinajstić information content (AvgIpc) is 3.55. The quantitative estimate of drug-likeness (QED) is 0.125. The zero-order valence-corrected chi connectivity index (χ0v) is 25.9. The number of hydrogen-bond donors (Lipinski definition) is 3. The lowest BCUT2D eigenvalue weighted by molar-refractivity contribution is -0.141. The number of rotatable bonds is 11. The third kappa shape index (κ3) is 9.14. The van der Waals surface area contributed by atoms with Gasteiger partial charge in [-0.3, -0.25) is 14.5 Å². The number of ether oxygens (including phenoxy) is 4. The van der Waals surface area contributed by atoms with E-state index >= 15 is 0 Å². The van der Waals surface area contributed by atoms with Gasteiger partial charge in [-0.25, -0.2) is 9.78 Å². The van der Waals surface area contributed by atoms with E-state index in [1.54, 1.807) is 18.5 Å². The molecule has 4 heterocycles. The minimum atomic E-state index is -0.833. The third-order valence-corrected chi connectivity index (χ3v) is 7.10. The molecule has 240 valence electrons. The lowest BCUT2D eigenvalue weighted by Crippen LogP contribution is -2.45. The van der Waals surface area contributed by atoms with Gasteiger partial charge in [-0.2, -0.15) is 0 Å². The summed E-state index contributed by atoms with van der Waals surface area (Å²) in [5.41, 5.74) is 2.70. The molecule has 1 saturated heterocycles. The van der Waals surface area contributed by atoms with Gasteiger partial charge in [0, 0.05) is 75.8 Å². The fraction of sp³-hybridized carbons (Fsp3) is 0.375. The monoisotopic (exact) mass is 621 g/mol. The lowest BCUT2D eigenvalue weighted by atomic mass is 10.1. The molecular weight excluding hydrogens is 582 g/mol. The predicted molar refractivity (Wildman–Crippen MR) is 168 cm³/mol. The second kappa shape index (κ2) is 15.8. The molecule has 0 spiro atoms. The molecule has 1 fully saturated rings. The summed E-state index contributed by atoms with van der Waals surface area (Å²) in [6, 6.07) is 9.29. The molecule has 0 amide bonds. The number of methoxy groups -OCH3 is 1. The molecule has 2 aliphatic heterocycles. The van der Waals surface area contributed by atoms with Crippen molar-refractivity contribution in [2.45, 2.75) is 13.8 Å². The number of likely N-dealkylation sites (N-methyl/N-ethyl adjacent to an activating group) is 1. The first kappa shape index (κ1) is 33.2. The van der Waals surface area contributed by atoms with Crippen LogP contribution in [-0.4, -0.2) is 109 Å². The highest BCUT2D eigenvalue weighted by molar-refractivity contribution is 6.26. The summed E-state index contributed by atoms with van der Waals surface area (Å²) in [5, 5.41) is 11.4. The number of H-pyrrole nitrogens is 1. The molecule has 1 aromatic carbocycles. The van der Waals surface area contributed by atoms with Crippen LogP contribution < -0.4 is 10.1 Å². The van der Waals surface area contributed by atoms with Gasteiger partial charge in [0.1, 0.15) is 24.6 Å². The molecule has 13 heteroatoms. The van der Waals surface area contributed by atoms with Crippen LogP contribution in [0.4, 0.5) is 5.69 Å². The van der Waals surface area contributed by atoms with Gasteiger partial charge in [-0.15, -0.1) is 0 Å². The number of carboxylic acid groups (broad SMARTS) is 1. The average molecular weight is 622 g/mol. The van der Waals surface area contributed by atoms with Gasteiger partial charge in [0.15, 0.2) is 11.3 Å². The van der Waals surface area contributed by atoms with Crippen molar-refractivity contribution < 1.29 is 38.4 Å². The highest BCUT2D eigenvalue weighted by atomic mass is 16.6. The number of pyridine rings is 1. The Bertz CT molecular complexity index is 1570. The molecule has 0 aliphatic carbocycles. The Morgan fingerprint density at radius 1 is 1.16 bits per heavy atom. The molecule has 2 aromatic heterocycles. The van der Waals surface area contributed by atoms with Crippen LogP contribution in [0.5, 0.6) is 5.75 Å². The fourth-order valence-corrected chi connectivity index (χ4v) is 4.68. The molecule has 5 rings (SSSR count). The number of hydrogen-bond acceptors (Lipinski definition) is 11. The number of aliphatic carboxylic acids is 1. The minimum Gasteiger partial charge on any atom is -0.492 e. The van der Waals surface area contributed by atoms with Gasteiger partial charge < -0.3 is 39.3 Å². The summed E-state index contributed by atoms with van der Waals surface area (Å²) >= 11 is 0. The van der Waals surface area contributed by atoms with E-state index in [1.807, 2.05) is 37.3 Å². The zero-order valence-electron chi connectivity index (χ0n) is 25.9. The van der Waals surface area contributed by atoms with Gasteiger partial charge in [-0.05, 0) is 55.9 Å². The number of benzene rings is 1. The van der Waals surface area contributed by atoms with E-state index < -0.39 is 17.7 Å². The first-order valence-electron chi connectivity index (χ1n) is 14.5. The number of piperazine rings is 1. The van der Waals surface area contributed by atoms with E-state index in [1.165, 1.54) is 7.11 Å². The van der Waals surface area contributed by atoms with Crippen molar-refractivity contribution in [3.8, 4) is 5.75 Å². The molecular formula is C32H39N5O8. The second-order valence-corrected chi connectivity index (χ2v) is 10.5. The number of fused-ring (bicyclic) bond motifs is 1. The van der Waals surface area contributed by atoms with Crippen molar-refractivity contribution in [2.75, 3.05) is 72.0 Å². The first-order chi connectivity index (χ1) is 21.7. The summed E-state index contributed by atoms with van der Waals surface area (Å²) < 4.78 is 22.2. The molecule has 0 bridgehead atoms. The number of esters is 1. The van der Waals surface area contributed by atoms with Crippen molar-refractivity contribution >= 4 is 40.5 Å². The van der Waals surface area contributed by atoms with E-state index in [0.29, 0.717) is 23.5 Å². The van der Waals surface area contributed by atoms with Crippen LogP contribution in [0.2, 0.25) is 0 Å². The Hall–Kier alpha value is -4.72. The number of allylic oxidation sites excluding steroid dienone is 1. The summed E-state index contributed by atoms with van der Waals surface area (Å²) in [6.07, 6.45) is 5.00. The number of nitrogens with one attached hydrogen (secondary N) is 2. The number of nitrogens with zero attached hydrogens (tertiary/aromatic N) is 3. The Morgan fingerprint density at radius 3 is 2.62 bits per heavy atom. The number of Topliss-reactive ketones (excluding diaryl/α,β-unsaturated/α-hetero) is 1. The maximum absolute atomic E-state index is 13.4. The van der Waals surface area contributed by atoms with Gasteiger partial charge >= 0.3 is 5.97 Å². The van der Waals surface area contributed by atoms with E-state index in [-0.39, 0.29) is 30.4 Å². The van der Waals surface area contributed by atoms with Crippen LogP contribution in [0.1, 0.15) is 18.1 Å². The SMILES string of the molecule is CC(=O)O.COCCOC(=O)C1=C(Nc2ccc(OCCN3CCN(C)CC3)cc2C)OC(=Cc2c[nH]c3ncccc23)C1=O. The second-order valence-electron chi connectivity index (χ2n) is 10.5. The van der Waals surface area contributed by atoms with Crippen molar-refractivity contribution in [3.05, 3.63) is 71.1 Å². The number of carbonyl (C=O) groups excluding carboxylic acids is 2. The predicted octanol–water partition coefficient (Wildman–Crippen LogP) is 3.04. The van der Waals surface area contributed by atoms with Crippen LogP contribution in [-0.2, 0) is 28.6 Å². The van der Waals surface area contributed by atoms with Gasteiger partial charge in [0.25, 0.3) is 5.97 Å². The molecule has 0 atom stereocenters. The van der Waals surface area contributed by atoms with Crippen molar-refractivity contribution in [3.63, 3.8) is 0 Å². The smallest absolute Gasteiger partial charge is 0.347 e. The normalized spacial score (nSPS) is 16.4. The number of aromatic amines is 1. The summed E-state index contributed by atoms with van der Waals surface area (Å²) in [6.45, 7) is 8.89. The summed E-state index contributed by atoms with van der Waals surface area (Å²) in [5.74, 6) is -1.45. The Balaban J connectivity index is 0.00000109. The summed E-state index contributed by atoms with van der Waals surface area (Å²) in [4.78, 5) is 47.4. The number of carboxylic acids is 1. The Morgan fingerprint density at radius 2 is 1.91 bits per heavy atom. The van der Waals surface area contributed by atoms with Crippen LogP contribution in [0, 0.1) is 6.92 Å². The van der Waals surface area contributed by atoms with Gasteiger partial charge in [0.2, 0.25) is 11.7 Å². The highest BCUT2D eigenvalue weighted by Gasteiger charge is 2.37. The van der Waals surface area contributed by atoms with E-state index in [0.717, 1.165) is 56.3 Å². The molecule has 3 aromatic rings. The molecule has 2 aliphatic rings. The van der Waals surface area contributed by atoms with Gasteiger partial charge in [0.05, 0.1) is 6.61 Å². The van der Waals surface area contributed by atoms with E-state index in [4.69, 9.17) is 28.8 Å². The number of carbonyl (C=O) groups is 3. The van der Waals surface area contributed by atoms with Crippen LogP contribution in [0.3, 0.4) is 0 Å². The van der Waals surface area contributed by atoms with Gasteiger partial charge in [-0.1, -0.05) is 0 Å². The summed E-state index contributed by atoms with van der Waals surface area (Å²) in [7, 11) is 3.64. The molecule has 13 nitrogen and oxygen atoms in total. The van der Waals surface area contributed by atoms with Crippen molar-refractivity contribution in [1.82, 2.24) is 19.8 Å².